The number of anilines is 1. The van der Waals surface area contributed by atoms with Crippen molar-refractivity contribution in [2.24, 2.45) is 7.05 Å². The Morgan fingerprint density at radius 3 is 2.39 bits per heavy atom. The van der Waals surface area contributed by atoms with E-state index in [2.05, 4.69) is 5.10 Å². The number of nitrogens with two attached hydrogens (primary N) is 1. The van der Waals surface area contributed by atoms with Crippen LogP contribution < -0.4 is 5.73 Å². The molecule has 2 N–H and O–H groups in total. The lowest BCUT2D eigenvalue weighted by Gasteiger charge is -2.20. The Hall–Kier alpha value is -1.08. The second-order valence-corrected chi connectivity index (χ2v) is 6.15. The van der Waals surface area contributed by atoms with Gasteiger partial charge < -0.3 is 5.73 Å². The van der Waals surface area contributed by atoms with Crippen molar-refractivity contribution in [3.8, 4) is 0 Å². The molecule has 0 radical (unpaired) electrons. The third kappa shape index (κ3) is 2.67. The summed E-state index contributed by atoms with van der Waals surface area (Å²) in [7, 11) is -1.85. The van der Waals surface area contributed by atoms with E-state index in [-0.39, 0.29) is 10.7 Å². The number of hydrogen-bond acceptors (Lipinski definition) is 4. The summed E-state index contributed by atoms with van der Waals surface area (Å²) in [6.45, 7) is 6.53. The van der Waals surface area contributed by atoms with Crippen LogP contribution in [-0.4, -0.2) is 35.6 Å². The van der Waals surface area contributed by atoms with Gasteiger partial charge in [-0.05, 0) is 13.3 Å². The molecular weight excluding hydrogens is 252 g/mol. The standard InChI is InChI=1S/C11H22N4O2S/c1-5-7-8-15(6-2)18(16,17)10-9(3)14(4)13-11(10)12/h5-8H2,1-4H3,(H2,12,13). The van der Waals surface area contributed by atoms with Crippen LogP contribution in [0.15, 0.2) is 4.90 Å². The molecule has 0 aliphatic carbocycles. The Bertz CT molecular complexity index is 507. The first-order valence-electron chi connectivity index (χ1n) is 6.15. The minimum Gasteiger partial charge on any atom is -0.381 e. The summed E-state index contributed by atoms with van der Waals surface area (Å²) in [6.07, 6.45) is 1.79. The first-order chi connectivity index (χ1) is 8.36. The van der Waals surface area contributed by atoms with Gasteiger partial charge in [-0.15, -0.1) is 0 Å². The molecule has 1 heterocycles. The summed E-state index contributed by atoms with van der Waals surface area (Å²) in [5, 5.41) is 3.96. The highest BCUT2D eigenvalue weighted by molar-refractivity contribution is 7.89. The topological polar surface area (TPSA) is 81.2 Å². The zero-order chi connectivity index (χ0) is 13.9. The second kappa shape index (κ2) is 5.71. The highest BCUT2D eigenvalue weighted by Crippen LogP contribution is 2.25. The summed E-state index contributed by atoms with van der Waals surface area (Å²) in [5.74, 6) is 0.0740. The molecule has 0 aliphatic rings. The van der Waals surface area contributed by atoms with E-state index in [0.29, 0.717) is 18.8 Å². The fourth-order valence-corrected chi connectivity index (χ4v) is 3.62. The highest BCUT2D eigenvalue weighted by Gasteiger charge is 2.29. The molecule has 0 amide bonds. The first kappa shape index (κ1) is 15.0. The Kier molecular flexibility index (Phi) is 4.75. The van der Waals surface area contributed by atoms with E-state index in [1.54, 1.807) is 14.0 Å². The molecule has 6 nitrogen and oxygen atoms in total. The van der Waals surface area contributed by atoms with Crippen molar-refractivity contribution in [1.29, 1.82) is 0 Å². The SMILES string of the molecule is CCCCN(CC)S(=O)(=O)c1c(N)nn(C)c1C. The number of hydrogen-bond donors (Lipinski definition) is 1. The summed E-state index contributed by atoms with van der Waals surface area (Å²) in [4.78, 5) is 0.142. The molecule has 0 spiro atoms. The van der Waals surface area contributed by atoms with Gasteiger partial charge in [0, 0.05) is 20.1 Å². The quantitative estimate of drug-likeness (QED) is 0.843. The van der Waals surface area contributed by atoms with Gasteiger partial charge >= 0.3 is 0 Å². The van der Waals surface area contributed by atoms with Crippen LogP contribution in [0.25, 0.3) is 0 Å². The minimum absolute atomic E-state index is 0.0740. The fraction of sp³-hybridized carbons (Fsp3) is 0.727. The van der Waals surface area contributed by atoms with Crippen LogP contribution in [0.5, 0.6) is 0 Å². The molecule has 0 aliphatic heterocycles. The molecule has 18 heavy (non-hydrogen) atoms. The Labute approximate surface area is 109 Å². The second-order valence-electron chi connectivity index (χ2n) is 4.27. The average Bonchev–Trinajstić information content (AvgIpc) is 2.54. The van der Waals surface area contributed by atoms with Crippen LogP contribution in [-0.2, 0) is 17.1 Å². The normalized spacial score (nSPS) is 12.3. The van der Waals surface area contributed by atoms with Crippen LogP contribution in [0.3, 0.4) is 0 Å². The van der Waals surface area contributed by atoms with Gasteiger partial charge in [-0.2, -0.15) is 9.40 Å². The third-order valence-corrected chi connectivity index (χ3v) is 5.16. The van der Waals surface area contributed by atoms with E-state index in [1.165, 1.54) is 8.99 Å². The van der Waals surface area contributed by atoms with Gasteiger partial charge in [-0.3, -0.25) is 4.68 Å². The molecule has 1 aromatic heterocycles. The summed E-state index contributed by atoms with van der Waals surface area (Å²) in [5.41, 5.74) is 6.28. The van der Waals surface area contributed by atoms with Crippen molar-refractivity contribution in [2.45, 2.75) is 38.5 Å². The summed E-state index contributed by atoms with van der Waals surface area (Å²) >= 11 is 0. The van der Waals surface area contributed by atoms with Crippen molar-refractivity contribution in [3.63, 3.8) is 0 Å². The number of nitrogen functional groups attached to an aromatic ring is 1. The van der Waals surface area contributed by atoms with E-state index in [4.69, 9.17) is 5.73 Å². The molecular formula is C11H22N4O2S. The molecule has 0 aromatic carbocycles. The smallest absolute Gasteiger partial charge is 0.248 e. The predicted molar refractivity (Wildman–Crippen MR) is 71.7 cm³/mol. The van der Waals surface area contributed by atoms with Gasteiger partial charge in [0.25, 0.3) is 0 Å². The molecule has 0 bridgehead atoms. The van der Waals surface area contributed by atoms with Crippen molar-refractivity contribution in [2.75, 3.05) is 18.8 Å². The van der Waals surface area contributed by atoms with Crippen LogP contribution >= 0.6 is 0 Å². The molecule has 7 heteroatoms. The number of aromatic nitrogens is 2. The molecule has 104 valence electrons. The Balaban J connectivity index is 3.19. The molecule has 0 saturated carbocycles. The number of nitrogens with zero attached hydrogens (tertiary/aromatic N) is 3. The Morgan fingerprint density at radius 2 is 2.00 bits per heavy atom. The fourth-order valence-electron chi connectivity index (χ4n) is 1.84. The zero-order valence-electron chi connectivity index (χ0n) is 11.5. The maximum Gasteiger partial charge on any atom is 0.248 e. The van der Waals surface area contributed by atoms with Crippen LogP contribution in [0, 0.1) is 6.92 Å². The van der Waals surface area contributed by atoms with E-state index in [1.807, 2.05) is 13.8 Å². The molecule has 1 rings (SSSR count). The minimum atomic E-state index is -3.54. The van der Waals surface area contributed by atoms with Crippen molar-refractivity contribution < 1.29 is 8.42 Å². The molecule has 0 unspecified atom stereocenters. The van der Waals surface area contributed by atoms with E-state index < -0.39 is 10.0 Å². The number of unbranched alkanes of at least 4 members (excludes halogenated alkanes) is 1. The predicted octanol–water partition coefficient (Wildman–Crippen LogP) is 1.12. The monoisotopic (exact) mass is 274 g/mol. The third-order valence-electron chi connectivity index (χ3n) is 3.02. The van der Waals surface area contributed by atoms with Crippen molar-refractivity contribution >= 4 is 15.8 Å². The maximum absolute atomic E-state index is 12.5. The molecule has 0 saturated heterocycles. The summed E-state index contributed by atoms with van der Waals surface area (Å²) < 4.78 is 28.0. The Morgan fingerprint density at radius 1 is 1.39 bits per heavy atom. The van der Waals surface area contributed by atoms with Gasteiger partial charge in [-0.25, -0.2) is 8.42 Å². The van der Waals surface area contributed by atoms with Gasteiger partial charge in [-0.1, -0.05) is 20.3 Å². The van der Waals surface area contributed by atoms with Gasteiger partial charge in [0.05, 0.1) is 5.69 Å². The number of sulfonamides is 1. The molecule has 0 fully saturated rings. The van der Waals surface area contributed by atoms with Gasteiger partial charge in [0.15, 0.2) is 5.82 Å². The lowest BCUT2D eigenvalue weighted by molar-refractivity contribution is 0.418. The van der Waals surface area contributed by atoms with Gasteiger partial charge in [0.2, 0.25) is 10.0 Å². The van der Waals surface area contributed by atoms with Gasteiger partial charge in [0.1, 0.15) is 4.90 Å². The van der Waals surface area contributed by atoms with E-state index >= 15 is 0 Å². The highest BCUT2D eigenvalue weighted by atomic mass is 32.2. The van der Waals surface area contributed by atoms with Crippen LogP contribution in [0.4, 0.5) is 5.82 Å². The first-order valence-corrected chi connectivity index (χ1v) is 7.59. The van der Waals surface area contributed by atoms with Crippen LogP contribution in [0.2, 0.25) is 0 Å². The average molecular weight is 274 g/mol. The molecule has 1 aromatic rings. The number of rotatable bonds is 6. The van der Waals surface area contributed by atoms with E-state index in [0.717, 1.165) is 12.8 Å². The largest absolute Gasteiger partial charge is 0.381 e. The maximum atomic E-state index is 12.5. The van der Waals surface area contributed by atoms with E-state index in [9.17, 15) is 8.42 Å². The zero-order valence-corrected chi connectivity index (χ0v) is 12.3. The van der Waals surface area contributed by atoms with Crippen molar-refractivity contribution in [1.82, 2.24) is 14.1 Å². The number of aryl methyl sites for hydroxylation is 1. The lowest BCUT2D eigenvalue weighted by Crippen LogP contribution is -2.32. The lowest BCUT2D eigenvalue weighted by atomic mass is 10.3. The van der Waals surface area contributed by atoms with Crippen LogP contribution in [0.1, 0.15) is 32.4 Å². The molecule has 0 atom stereocenters. The summed E-state index contributed by atoms with van der Waals surface area (Å²) in [6, 6.07) is 0. The van der Waals surface area contributed by atoms with Crippen molar-refractivity contribution in [3.05, 3.63) is 5.69 Å².